The zero-order valence-corrected chi connectivity index (χ0v) is 11.7. The van der Waals surface area contributed by atoms with Crippen LogP contribution in [0.3, 0.4) is 0 Å². The predicted molar refractivity (Wildman–Crippen MR) is 75.0 cm³/mol. The Hall–Kier alpha value is -1.95. The lowest BCUT2D eigenvalue weighted by Gasteiger charge is -2.15. The summed E-state index contributed by atoms with van der Waals surface area (Å²) >= 11 is 0. The molecule has 1 aliphatic rings. The van der Waals surface area contributed by atoms with Gasteiger partial charge in [-0.2, -0.15) is 0 Å². The number of carbonyl (C=O) groups is 2. The van der Waals surface area contributed by atoms with Crippen LogP contribution in [0.2, 0.25) is 0 Å². The summed E-state index contributed by atoms with van der Waals surface area (Å²) in [6.45, 7) is 1.74. The lowest BCUT2D eigenvalue weighted by Crippen LogP contribution is -2.36. The number of carboxylic acid groups (broad SMARTS) is 1. The monoisotopic (exact) mass is 294 g/mol. The van der Waals surface area contributed by atoms with Gasteiger partial charge in [-0.1, -0.05) is 18.2 Å². The van der Waals surface area contributed by atoms with E-state index in [-0.39, 0.29) is 37.2 Å². The number of nitrogens with one attached hydrogen (secondary N) is 1. The molecule has 6 heteroatoms. The van der Waals surface area contributed by atoms with E-state index in [4.69, 9.17) is 5.11 Å². The van der Waals surface area contributed by atoms with E-state index in [9.17, 15) is 14.0 Å². The molecular formula is C15H19FN2O3. The Morgan fingerprint density at radius 3 is 2.86 bits per heavy atom. The van der Waals surface area contributed by atoms with Crippen LogP contribution in [0.5, 0.6) is 0 Å². The van der Waals surface area contributed by atoms with Crippen molar-refractivity contribution in [2.45, 2.75) is 19.4 Å². The normalized spacial score (nSPS) is 18.6. The van der Waals surface area contributed by atoms with Crippen LogP contribution in [0.1, 0.15) is 18.4 Å². The predicted octanol–water partition coefficient (Wildman–Crippen LogP) is 1.24. The second-order valence-corrected chi connectivity index (χ2v) is 5.36. The number of halogens is 1. The molecule has 0 radical (unpaired) electrons. The van der Waals surface area contributed by atoms with Gasteiger partial charge >= 0.3 is 5.97 Å². The quantitative estimate of drug-likeness (QED) is 0.828. The van der Waals surface area contributed by atoms with Crippen LogP contribution < -0.4 is 5.32 Å². The number of carbonyl (C=O) groups excluding carboxylic acids is 1. The summed E-state index contributed by atoms with van der Waals surface area (Å²) in [6.07, 6.45) is 0.945. The first-order chi connectivity index (χ1) is 10.0. The number of rotatable bonds is 6. The van der Waals surface area contributed by atoms with Gasteiger partial charge in [-0.3, -0.25) is 14.5 Å². The Balaban J connectivity index is 1.73. The van der Waals surface area contributed by atoms with Crippen molar-refractivity contribution in [3.63, 3.8) is 0 Å². The van der Waals surface area contributed by atoms with E-state index in [0.29, 0.717) is 12.1 Å². The lowest BCUT2D eigenvalue weighted by atomic mass is 10.1. The molecule has 0 spiro atoms. The number of hydrogen-bond acceptors (Lipinski definition) is 3. The fraction of sp³-hybridized carbons (Fsp3) is 0.467. The van der Waals surface area contributed by atoms with Crippen molar-refractivity contribution >= 4 is 11.9 Å². The van der Waals surface area contributed by atoms with Gasteiger partial charge in [0.2, 0.25) is 5.91 Å². The lowest BCUT2D eigenvalue weighted by molar-refractivity contribution is -0.138. The molecule has 1 aromatic rings. The molecule has 1 saturated heterocycles. The van der Waals surface area contributed by atoms with Gasteiger partial charge in [0, 0.05) is 25.1 Å². The molecule has 1 heterocycles. The van der Waals surface area contributed by atoms with Crippen LogP contribution >= 0.6 is 0 Å². The van der Waals surface area contributed by atoms with Crippen molar-refractivity contribution in [2.24, 2.45) is 5.92 Å². The largest absolute Gasteiger partial charge is 0.481 e. The van der Waals surface area contributed by atoms with Gasteiger partial charge in [0.25, 0.3) is 0 Å². The zero-order chi connectivity index (χ0) is 15.2. The van der Waals surface area contributed by atoms with Gasteiger partial charge in [-0.25, -0.2) is 4.39 Å². The Morgan fingerprint density at radius 2 is 2.14 bits per heavy atom. The summed E-state index contributed by atoms with van der Waals surface area (Å²) in [5, 5.41) is 11.4. The van der Waals surface area contributed by atoms with Gasteiger partial charge < -0.3 is 10.4 Å². The molecule has 1 fully saturated rings. The maximum absolute atomic E-state index is 13.4. The SMILES string of the molecule is O=C(O)CC1CCN(CC(=O)NCc2ccccc2F)C1. The van der Waals surface area contributed by atoms with Crippen LogP contribution in [0.15, 0.2) is 24.3 Å². The molecule has 1 atom stereocenters. The fourth-order valence-corrected chi connectivity index (χ4v) is 2.56. The highest BCUT2D eigenvalue weighted by molar-refractivity contribution is 5.78. The number of carboxylic acids is 1. The van der Waals surface area contributed by atoms with Crippen molar-refractivity contribution in [3.05, 3.63) is 35.6 Å². The summed E-state index contributed by atoms with van der Waals surface area (Å²) in [7, 11) is 0. The molecule has 21 heavy (non-hydrogen) atoms. The van der Waals surface area contributed by atoms with E-state index in [1.165, 1.54) is 6.07 Å². The standard InChI is InChI=1S/C15H19FN2O3/c16-13-4-2-1-3-12(13)8-17-14(19)10-18-6-5-11(9-18)7-15(20)21/h1-4,11H,5-10H2,(H,17,19)(H,20,21). The van der Waals surface area contributed by atoms with E-state index < -0.39 is 5.97 Å². The topological polar surface area (TPSA) is 69.6 Å². The van der Waals surface area contributed by atoms with Crippen LogP contribution in [0, 0.1) is 11.7 Å². The molecular weight excluding hydrogens is 275 g/mol. The van der Waals surface area contributed by atoms with E-state index >= 15 is 0 Å². The Morgan fingerprint density at radius 1 is 1.38 bits per heavy atom. The van der Waals surface area contributed by atoms with Crippen molar-refractivity contribution in [2.75, 3.05) is 19.6 Å². The first-order valence-electron chi connectivity index (χ1n) is 6.99. The third-order valence-corrected chi connectivity index (χ3v) is 3.63. The highest BCUT2D eigenvalue weighted by atomic mass is 19.1. The zero-order valence-electron chi connectivity index (χ0n) is 11.7. The first kappa shape index (κ1) is 15.4. The summed E-state index contributed by atoms with van der Waals surface area (Å²) in [6, 6.07) is 6.32. The number of hydrogen-bond donors (Lipinski definition) is 2. The van der Waals surface area contributed by atoms with Crippen molar-refractivity contribution < 1.29 is 19.1 Å². The molecule has 1 amide bonds. The number of likely N-dealkylation sites (tertiary alicyclic amines) is 1. The van der Waals surface area contributed by atoms with Gasteiger partial charge in [0.15, 0.2) is 0 Å². The number of amides is 1. The molecule has 1 unspecified atom stereocenters. The van der Waals surface area contributed by atoms with Crippen LogP contribution in [-0.4, -0.2) is 41.5 Å². The molecule has 114 valence electrons. The fourth-order valence-electron chi connectivity index (χ4n) is 2.56. The highest BCUT2D eigenvalue weighted by Crippen LogP contribution is 2.18. The first-order valence-corrected chi connectivity index (χ1v) is 6.99. The average Bonchev–Trinajstić information content (AvgIpc) is 2.84. The molecule has 2 rings (SSSR count). The van der Waals surface area contributed by atoms with Crippen molar-refractivity contribution in [1.29, 1.82) is 0 Å². The number of aliphatic carboxylic acids is 1. The number of benzene rings is 1. The molecule has 5 nitrogen and oxygen atoms in total. The molecule has 2 N–H and O–H groups in total. The third-order valence-electron chi connectivity index (χ3n) is 3.63. The van der Waals surface area contributed by atoms with Gasteiger partial charge in [-0.05, 0) is 24.9 Å². The van der Waals surface area contributed by atoms with Crippen molar-refractivity contribution in [3.8, 4) is 0 Å². The van der Waals surface area contributed by atoms with Crippen molar-refractivity contribution in [1.82, 2.24) is 10.2 Å². The van der Waals surface area contributed by atoms with E-state index in [2.05, 4.69) is 5.32 Å². The minimum absolute atomic E-state index is 0.113. The molecule has 1 aromatic carbocycles. The Kier molecular flexibility index (Phi) is 5.27. The Bertz CT molecular complexity index is 521. The minimum atomic E-state index is -0.800. The molecule has 1 aliphatic heterocycles. The van der Waals surface area contributed by atoms with Gasteiger partial charge in [0.05, 0.1) is 6.54 Å². The van der Waals surface area contributed by atoms with Crippen LogP contribution in [-0.2, 0) is 16.1 Å². The number of nitrogens with zero attached hydrogens (tertiary/aromatic N) is 1. The second-order valence-electron chi connectivity index (χ2n) is 5.36. The van der Waals surface area contributed by atoms with E-state index in [1.807, 2.05) is 4.90 Å². The van der Waals surface area contributed by atoms with Gasteiger partial charge in [0.1, 0.15) is 5.82 Å². The van der Waals surface area contributed by atoms with Crippen LogP contribution in [0.4, 0.5) is 4.39 Å². The smallest absolute Gasteiger partial charge is 0.303 e. The molecule has 0 aromatic heterocycles. The molecule has 0 bridgehead atoms. The average molecular weight is 294 g/mol. The molecule has 0 saturated carbocycles. The Labute approximate surface area is 122 Å². The van der Waals surface area contributed by atoms with E-state index in [0.717, 1.165) is 13.0 Å². The van der Waals surface area contributed by atoms with Gasteiger partial charge in [-0.15, -0.1) is 0 Å². The third kappa shape index (κ3) is 4.82. The minimum Gasteiger partial charge on any atom is -0.481 e. The summed E-state index contributed by atoms with van der Waals surface area (Å²) in [5.41, 5.74) is 0.455. The maximum Gasteiger partial charge on any atom is 0.303 e. The van der Waals surface area contributed by atoms with E-state index in [1.54, 1.807) is 18.2 Å². The summed E-state index contributed by atoms with van der Waals surface area (Å²) < 4.78 is 13.4. The highest BCUT2D eigenvalue weighted by Gasteiger charge is 2.25. The maximum atomic E-state index is 13.4. The molecule has 0 aliphatic carbocycles. The summed E-state index contributed by atoms with van der Waals surface area (Å²) in [5.74, 6) is -1.19. The summed E-state index contributed by atoms with van der Waals surface area (Å²) in [4.78, 5) is 24.4. The second kappa shape index (κ2) is 7.17. The van der Waals surface area contributed by atoms with Crippen LogP contribution in [0.25, 0.3) is 0 Å².